The SMILES string of the molecule is NCC(=O)NCC(=O)N[C@@H](Cc1cc2ccccc2[nH]1)C(N)=O. The van der Waals surface area contributed by atoms with Crippen molar-refractivity contribution in [2.24, 2.45) is 11.5 Å². The first-order valence-corrected chi connectivity index (χ1v) is 7.11. The van der Waals surface area contributed by atoms with Gasteiger partial charge in [0.15, 0.2) is 0 Å². The maximum absolute atomic E-state index is 11.8. The molecule has 0 bridgehead atoms. The number of para-hydroxylation sites is 1. The van der Waals surface area contributed by atoms with E-state index in [0.29, 0.717) is 0 Å². The molecule has 8 nitrogen and oxygen atoms in total. The zero-order valence-electron chi connectivity index (χ0n) is 12.5. The lowest BCUT2D eigenvalue weighted by atomic mass is 10.1. The fourth-order valence-corrected chi connectivity index (χ4v) is 2.18. The minimum Gasteiger partial charge on any atom is -0.368 e. The number of nitrogens with two attached hydrogens (primary N) is 2. The van der Waals surface area contributed by atoms with E-state index in [1.54, 1.807) is 0 Å². The van der Waals surface area contributed by atoms with E-state index < -0.39 is 23.8 Å². The van der Waals surface area contributed by atoms with Crippen LogP contribution in [0.1, 0.15) is 5.69 Å². The molecule has 8 heteroatoms. The van der Waals surface area contributed by atoms with Gasteiger partial charge < -0.3 is 27.1 Å². The Labute approximate surface area is 132 Å². The van der Waals surface area contributed by atoms with Crippen LogP contribution in [0.5, 0.6) is 0 Å². The lowest BCUT2D eigenvalue weighted by molar-refractivity contribution is -0.128. The Hall–Kier alpha value is -2.87. The fourth-order valence-electron chi connectivity index (χ4n) is 2.18. The van der Waals surface area contributed by atoms with Gasteiger partial charge >= 0.3 is 0 Å². The van der Waals surface area contributed by atoms with Gasteiger partial charge in [0.1, 0.15) is 6.04 Å². The first kappa shape index (κ1) is 16.5. The van der Waals surface area contributed by atoms with Gasteiger partial charge in [0, 0.05) is 17.6 Å². The molecule has 0 aliphatic carbocycles. The van der Waals surface area contributed by atoms with E-state index >= 15 is 0 Å². The number of fused-ring (bicyclic) bond motifs is 1. The van der Waals surface area contributed by atoms with Gasteiger partial charge in [-0.15, -0.1) is 0 Å². The Morgan fingerprint density at radius 3 is 2.57 bits per heavy atom. The van der Waals surface area contributed by atoms with Crippen molar-refractivity contribution in [1.82, 2.24) is 15.6 Å². The molecular formula is C15H19N5O3. The zero-order valence-corrected chi connectivity index (χ0v) is 12.5. The first-order valence-electron chi connectivity index (χ1n) is 7.11. The monoisotopic (exact) mass is 317 g/mol. The zero-order chi connectivity index (χ0) is 16.8. The molecule has 2 rings (SSSR count). The summed E-state index contributed by atoms with van der Waals surface area (Å²) in [6.07, 6.45) is 0.237. The second-order valence-electron chi connectivity index (χ2n) is 5.09. The summed E-state index contributed by atoms with van der Waals surface area (Å²) in [6, 6.07) is 8.69. The van der Waals surface area contributed by atoms with Crippen molar-refractivity contribution in [2.75, 3.05) is 13.1 Å². The number of rotatable bonds is 7. The van der Waals surface area contributed by atoms with E-state index in [1.807, 2.05) is 30.3 Å². The number of hydrogen-bond acceptors (Lipinski definition) is 4. The van der Waals surface area contributed by atoms with E-state index in [0.717, 1.165) is 16.6 Å². The van der Waals surface area contributed by atoms with Crippen LogP contribution in [-0.2, 0) is 20.8 Å². The molecule has 1 aromatic carbocycles. The Balaban J connectivity index is 1.99. The smallest absolute Gasteiger partial charge is 0.240 e. The van der Waals surface area contributed by atoms with Crippen LogP contribution in [0.2, 0.25) is 0 Å². The summed E-state index contributed by atoms with van der Waals surface area (Å²) in [5.74, 6) is -1.61. The number of carbonyl (C=O) groups excluding carboxylic acids is 3. The van der Waals surface area contributed by atoms with Gasteiger partial charge in [-0.05, 0) is 17.5 Å². The number of aromatic amines is 1. The minimum absolute atomic E-state index is 0.207. The summed E-state index contributed by atoms with van der Waals surface area (Å²) in [7, 11) is 0. The maximum atomic E-state index is 11.8. The standard InChI is InChI=1S/C15H19N5O3/c16-7-13(21)18-8-14(22)20-12(15(17)23)6-10-5-9-3-1-2-4-11(9)19-10/h1-5,12,19H,6-8,16H2,(H2,17,23)(H,18,21)(H,20,22)/t12-/m0/s1. The molecule has 0 saturated heterocycles. The van der Waals surface area contributed by atoms with Crippen LogP contribution in [-0.4, -0.2) is 41.8 Å². The van der Waals surface area contributed by atoms with Crippen LogP contribution in [0.3, 0.4) is 0 Å². The molecule has 1 aromatic heterocycles. The van der Waals surface area contributed by atoms with Crippen molar-refractivity contribution in [1.29, 1.82) is 0 Å². The molecule has 0 aliphatic rings. The Morgan fingerprint density at radius 1 is 1.17 bits per heavy atom. The number of H-pyrrole nitrogens is 1. The van der Waals surface area contributed by atoms with Gasteiger partial charge in [0.2, 0.25) is 17.7 Å². The lowest BCUT2D eigenvalue weighted by Crippen LogP contribution is -2.49. The Kier molecular flexibility index (Phi) is 5.32. The highest BCUT2D eigenvalue weighted by Crippen LogP contribution is 2.15. The van der Waals surface area contributed by atoms with Gasteiger partial charge in [-0.25, -0.2) is 0 Å². The van der Waals surface area contributed by atoms with Crippen molar-refractivity contribution >= 4 is 28.6 Å². The van der Waals surface area contributed by atoms with Crippen LogP contribution >= 0.6 is 0 Å². The summed E-state index contributed by atoms with van der Waals surface area (Å²) < 4.78 is 0. The van der Waals surface area contributed by atoms with E-state index in [2.05, 4.69) is 15.6 Å². The summed E-state index contributed by atoms with van der Waals surface area (Å²) in [4.78, 5) is 37.5. The predicted octanol–water partition coefficient (Wildman–Crippen LogP) is -1.24. The molecule has 0 unspecified atom stereocenters. The molecule has 23 heavy (non-hydrogen) atoms. The number of aromatic nitrogens is 1. The average Bonchev–Trinajstić information content (AvgIpc) is 2.94. The van der Waals surface area contributed by atoms with Gasteiger partial charge in [-0.3, -0.25) is 14.4 Å². The molecule has 3 amide bonds. The van der Waals surface area contributed by atoms with Gasteiger partial charge in [0.25, 0.3) is 0 Å². The normalized spacial score (nSPS) is 11.9. The van der Waals surface area contributed by atoms with Crippen LogP contribution in [0, 0.1) is 0 Å². The van der Waals surface area contributed by atoms with Crippen LogP contribution in [0.25, 0.3) is 10.9 Å². The number of carbonyl (C=O) groups is 3. The Bertz CT molecular complexity index is 692. The number of hydrogen-bond donors (Lipinski definition) is 5. The summed E-state index contributed by atoms with van der Waals surface area (Å²) in [5.41, 5.74) is 12.2. The molecule has 0 fully saturated rings. The van der Waals surface area contributed by atoms with Crippen LogP contribution in [0.15, 0.2) is 30.3 Å². The third-order valence-corrected chi connectivity index (χ3v) is 3.32. The van der Waals surface area contributed by atoms with Crippen LogP contribution < -0.4 is 22.1 Å². The maximum Gasteiger partial charge on any atom is 0.240 e. The van der Waals surface area contributed by atoms with E-state index in [9.17, 15) is 14.4 Å². The first-order chi connectivity index (χ1) is 11.0. The van der Waals surface area contributed by atoms with Crippen molar-refractivity contribution in [3.8, 4) is 0 Å². The van der Waals surface area contributed by atoms with E-state index in [-0.39, 0.29) is 19.5 Å². The number of nitrogens with one attached hydrogen (secondary N) is 3. The third kappa shape index (κ3) is 4.55. The number of amides is 3. The fraction of sp³-hybridized carbons (Fsp3) is 0.267. The molecule has 1 atom stereocenters. The van der Waals surface area contributed by atoms with Gasteiger partial charge in [0.05, 0.1) is 13.1 Å². The van der Waals surface area contributed by atoms with Crippen molar-refractivity contribution in [2.45, 2.75) is 12.5 Å². The van der Waals surface area contributed by atoms with Crippen LogP contribution in [0.4, 0.5) is 0 Å². The highest BCUT2D eigenvalue weighted by atomic mass is 16.2. The van der Waals surface area contributed by atoms with Gasteiger partial charge in [-0.2, -0.15) is 0 Å². The lowest BCUT2D eigenvalue weighted by Gasteiger charge is -2.15. The van der Waals surface area contributed by atoms with E-state index in [1.165, 1.54) is 0 Å². The second-order valence-corrected chi connectivity index (χ2v) is 5.09. The highest BCUT2D eigenvalue weighted by Gasteiger charge is 2.19. The number of primary amides is 1. The quantitative estimate of drug-likeness (QED) is 0.435. The molecule has 122 valence electrons. The summed E-state index contributed by atoms with van der Waals surface area (Å²) in [6.45, 7) is -0.464. The molecular weight excluding hydrogens is 298 g/mol. The van der Waals surface area contributed by atoms with Crippen molar-refractivity contribution in [3.63, 3.8) is 0 Å². The second kappa shape index (κ2) is 7.41. The molecule has 0 aliphatic heterocycles. The summed E-state index contributed by atoms with van der Waals surface area (Å²) in [5, 5.41) is 5.83. The molecule has 0 saturated carbocycles. The largest absolute Gasteiger partial charge is 0.368 e. The molecule has 2 aromatic rings. The minimum atomic E-state index is -0.870. The third-order valence-electron chi connectivity index (χ3n) is 3.32. The van der Waals surface area contributed by atoms with Crippen molar-refractivity contribution < 1.29 is 14.4 Å². The molecule has 7 N–H and O–H groups in total. The molecule has 0 radical (unpaired) electrons. The molecule has 0 spiro atoms. The predicted molar refractivity (Wildman–Crippen MR) is 85.2 cm³/mol. The highest BCUT2D eigenvalue weighted by molar-refractivity contribution is 5.90. The Morgan fingerprint density at radius 2 is 1.91 bits per heavy atom. The molecule has 1 heterocycles. The van der Waals surface area contributed by atoms with Gasteiger partial charge in [-0.1, -0.05) is 18.2 Å². The average molecular weight is 317 g/mol. The van der Waals surface area contributed by atoms with E-state index in [4.69, 9.17) is 11.5 Å². The number of benzene rings is 1. The van der Waals surface area contributed by atoms with Crippen molar-refractivity contribution in [3.05, 3.63) is 36.0 Å². The summed E-state index contributed by atoms with van der Waals surface area (Å²) >= 11 is 0. The topological polar surface area (TPSA) is 143 Å².